The molecule has 3 heterocycles. The first kappa shape index (κ1) is 22.1. The van der Waals surface area contributed by atoms with E-state index < -0.39 is 10.0 Å². The lowest BCUT2D eigenvalue weighted by molar-refractivity contribution is 0.122. The number of ether oxygens (including phenoxy) is 2. The van der Waals surface area contributed by atoms with Crippen LogP contribution in [0.15, 0.2) is 41.8 Å². The lowest BCUT2D eigenvalue weighted by atomic mass is 9.93. The average molecular weight is 473 g/mol. The molecule has 2 aromatic heterocycles. The molecule has 176 valence electrons. The number of benzene rings is 1. The summed E-state index contributed by atoms with van der Waals surface area (Å²) in [5.74, 6) is 0.723. The van der Waals surface area contributed by atoms with E-state index in [9.17, 15) is 8.42 Å². The molecule has 2 fully saturated rings. The van der Waals surface area contributed by atoms with Crippen LogP contribution in [-0.4, -0.2) is 66.6 Å². The highest BCUT2D eigenvalue weighted by molar-refractivity contribution is 7.89. The normalized spacial score (nSPS) is 21.9. The number of rotatable bonds is 6. The van der Waals surface area contributed by atoms with Crippen LogP contribution < -0.4 is 14.4 Å². The van der Waals surface area contributed by atoms with Gasteiger partial charge in [0.15, 0.2) is 5.03 Å². The van der Waals surface area contributed by atoms with Gasteiger partial charge < -0.3 is 14.4 Å². The summed E-state index contributed by atoms with van der Waals surface area (Å²) in [6, 6.07) is 5.47. The van der Waals surface area contributed by atoms with Gasteiger partial charge in [0.1, 0.15) is 11.3 Å². The minimum Gasteiger partial charge on any atom is -0.488 e. The lowest BCUT2D eigenvalue weighted by Gasteiger charge is -2.31. The minimum atomic E-state index is -3.59. The van der Waals surface area contributed by atoms with Crippen molar-refractivity contribution in [3.8, 4) is 5.75 Å². The molecule has 5 rings (SSSR count). The van der Waals surface area contributed by atoms with Crippen LogP contribution in [0.4, 0.5) is 5.69 Å². The Morgan fingerprint density at radius 1 is 1.06 bits per heavy atom. The molecule has 1 saturated carbocycles. The standard InChI is InChI=1S/C22H28N6O4S/c1-27-21(6-7-25-27)33(29,30)26-16-2-4-18(5-3-16)32-20-15-17(28-10-12-31-13-11-28)14-19-22(20)24-9-8-23-19/h6-9,14-16,18,26H,2-5,10-13H2,1H3/t16-,18+. The summed E-state index contributed by atoms with van der Waals surface area (Å²) in [4.78, 5) is 11.3. The summed E-state index contributed by atoms with van der Waals surface area (Å²) in [6.45, 7) is 3.06. The molecule has 1 aliphatic heterocycles. The first-order valence-corrected chi connectivity index (χ1v) is 12.7. The number of nitrogens with zero attached hydrogens (tertiary/aromatic N) is 5. The summed E-state index contributed by atoms with van der Waals surface area (Å²) >= 11 is 0. The third kappa shape index (κ3) is 4.80. The summed E-state index contributed by atoms with van der Waals surface area (Å²) in [7, 11) is -1.97. The molecular formula is C22H28N6O4S. The monoisotopic (exact) mass is 472 g/mol. The van der Waals surface area contributed by atoms with Crippen molar-refractivity contribution >= 4 is 26.7 Å². The van der Waals surface area contributed by atoms with Crippen LogP contribution in [0.2, 0.25) is 0 Å². The molecule has 0 atom stereocenters. The third-order valence-corrected chi connectivity index (χ3v) is 7.84. The third-order valence-electron chi connectivity index (χ3n) is 6.24. The second kappa shape index (κ2) is 9.24. The molecule has 1 saturated heterocycles. The fraction of sp³-hybridized carbons (Fsp3) is 0.500. The van der Waals surface area contributed by atoms with Crippen molar-refractivity contribution < 1.29 is 17.9 Å². The Kier molecular flexibility index (Phi) is 6.17. The van der Waals surface area contributed by atoms with E-state index in [0.717, 1.165) is 48.4 Å². The van der Waals surface area contributed by atoms with Crippen molar-refractivity contribution in [1.82, 2.24) is 24.5 Å². The van der Waals surface area contributed by atoms with E-state index in [4.69, 9.17) is 9.47 Å². The van der Waals surface area contributed by atoms with E-state index in [1.165, 1.54) is 16.9 Å². The fourth-order valence-corrected chi connectivity index (χ4v) is 5.94. The average Bonchev–Trinajstić information content (AvgIpc) is 3.28. The number of nitrogens with one attached hydrogen (secondary N) is 1. The van der Waals surface area contributed by atoms with Gasteiger partial charge in [0.2, 0.25) is 0 Å². The minimum absolute atomic E-state index is 0.00685. The van der Waals surface area contributed by atoms with Crippen molar-refractivity contribution in [1.29, 1.82) is 0 Å². The maximum absolute atomic E-state index is 12.7. The van der Waals surface area contributed by atoms with Crippen LogP contribution in [0.25, 0.3) is 11.0 Å². The summed E-state index contributed by atoms with van der Waals surface area (Å²) in [5, 5.41) is 4.13. The number of sulfonamides is 1. The summed E-state index contributed by atoms with van der Waals surface area (Å²) in [5.41, 5.74) is 2.60. The van der Waals surface area contributed by atoms with Crippen molar-refractivity contribution in [2.75, 3.05) is 31.2 Å². The van der Waals surface area contributed by atoms with Crippen LogP contribution in [0.1, 0.15) is 25.7 Å². The first-order chi connectivity index (χ1) is 16.0. The van der Waals surface area contributed by atoms with Crippen LogP contribution in [0, 0.1) is 0 Å². The number of anilines is 1. The molecule has 0 amide bonds. The largest absolute Gasteiger partial charge is 0.488 e. The molecule has 1 aromatic carbocycles. The van der Waals surface area contributed by atoms with Gasteiger partial charge in [0, 0.05) is 50.3 Å². The molecular weight excluding hydrogens is 444 g/mol. The maximum Gasteiger partial charge on any atom is 0.257 e. The van der Waals surface area contributed by atoms with Gasteiger partial charge >= 0.3 is 0 Å². The zero-order valence-electron chi connectivity index (χ0n) is 18.6. The Morgan fingerprint density at radius 2 is 1.82 bits per heavy atom. The topological polar surface area (TPSA) is 111 Å². The zero-order chi connectivity index (χ0) is 22.8. The zero-order valence-corrected chi connectivity index (χ0v) is 19.4. The molecule has 2 aliphatic rings. The number of hydrogen-bond donors (Lipinski definition) is 1. The van der Waals surface area contributed by atoms with Crippen molar-refractivity contribution in [3.05, 3.63) is 36.8 Å². The predicted molar refractivity (Wildman–Crippen MR) is 123 cm³/mol. The molecule has 0 radical (unpaired) electrons. The molecule has 33 heavy (non-hydrogen) atoms. The Bertz CT molecular complexity index is 1220. The fourth-order valence-electron chi connectivity index (χ4n) is 4.51. The number of aromatic nitrogens is 4. The first-order valence-electron chi connectivity index (χ1n) is 11.2. The summed E-state index contributed by atoms with van der Waals surface area (Å²) in [6.07, 6.45) is 7.75. The van der Waals surface area contributed by atoms with E-state index in [2.05, 4.69) is 24.7 Å². The lowest BCUT2D eigenvalue weighted by Crippen LogP contribution is -2.40. The van der Waals surface area contributed by atoms with E-state index in [-0.39, 0.29) is 17.2 Å². The molecule has 0 bridgehead atoms. The Morgan fingerprint density at radius 3 is 2.55 bits per heavy atom. The Labute approximate surface area is 193 Å². The van der Waals surface area contributed by atoms with Crippen LogP contribution in [-0.2, 0) is 21.8 Å². The van der Waals surface area contributed by atoms with Crippen molar-refractivity contribution in [2.24, 2.45) is 7.05 Å². The van der Waals surface area contributed by atoms with E-state index in [1.54, 1.807) is 19.4 Å². The van der Waals surface area contributed by atoms with E-state index in [1.807, 2.05) is 12.1 Å². The Hall–Kier alpha value is -2.76. The molecule has 10 nitrogen and oxygen atoms in total. The molecule has 11 heteroatoms. The van der Waals surface area contributed by atoms with Crippen molar-refractivity contribution in [2.45, 2.75) is 42.9 Å². The molecule has 0 spiro atoms. The van der Waals surface area contributed by atoms with Gasteiger partial charge in [-0.15, -0.1) is 0 Å². The van der Waals surface area contributed by atoms with Crippen LogP contribution in [0.5, 0.6) is 5.75 Å². The smallest absolute Gasteiger partial charge is 0.257 e. The van der Waals surface area contributed by atoms with Gasteiger partial charge in [-0.3, -0.25) is 9.67 Å². The predicted octanol–water partition coefficient (Wildman–Crippen LogP) is 1.87. The second-order valence-corrected chi connectivity index (χ2v) is 10.1. The van der Waals surface area contributed by atoms with Gasteiger partial charge in [-0.2, -0.15) is 5.10 Å². The van der Waals surface area contributed by atoms with Crippen LogP contribution in [0.3, 0.4) is 0 Å². The Balaban J connectivity index is 1.27. The number of morpholine rings is 1. The number of aryl methyl sites for hydroxylation is 1. The highest BCUT2D eigenvalue weighted by Gasteiger charge is 2.28. The summed E-state index contributed by atoms with van der Waals surface area (Å²) < 4.78 is 41.4. The van der Waals surface area contributed by atoms with E-state index in [0.29, 0.717) is 26.1 Å². The quantitative estimate of drug-likeness (QED) is 0.579. The molecule has 1 aliphatic carbocycles. The second-order valence-electron chi connectivity index (χ2n) is 8.47. The molecule has 1 N–H and O–H groups in total. The molecule has 3 aromatic rings. The number of hydrogen-bond acceptors (Lipinski definition) is 8. The van der Waals surface area contributed by atoms with E-state index >= 15 is 0 Å². The molecule has 0 unspecified atom stereocenters. The van der Waals surface area contributed by atoms with Crippen LogP contribution >= 0.6 is 0 Å². The number of fused-ring (bicyclic) bond motifs is 1. The maximum atomic E-state index is 12.7. The van der Waals surface area contributed by atoms with Gasteiger partial charge in [0.05, 0.1) is 31.0 Å². The van der Waals surface area contributed by atoms with Crippen molar-refractivity contribution in [3.63, 3.8) is 0 Å². The highest BCUT2D eigenvalue weighted by atomic mass is 32.2. The van der Waals surface area contributed by atoms with Gasteiger partial charge in [-0.25, -0.2) is 18.1 Å². The van der Waals surface area contributed by atoms with Gasteiger partial charge in [0.25, 0.3) is 10.0 Å². The van der Waals surface area contributed by atoms with Gasteiger partial charge in [-0.05, 0) is 37.8 Å². The highest BCUT2D eigenvalue weighted by Crippen LogP contribution is 2.33. The van der Waals surface area contributed by atoms with Gasteiger partial charge in [-0.1, -0.05) is 0 Å². The SMILES string of the molecule is Cn1nccc1S(=O)(=O)N[C@H]1CC[C@@H](Oc2cc(N3CCOCC3)cc3nccnc23)CC1.